The molecule has 0 atom stereocenters. The first kappa shape index (κ1) is 19.0. The summed E-state index contributed by atoms with van der Waals surface area (Å²) in [6, 6.07) is 4.70. The summed E-state index contributed by atoms with van der Waals surface area (Å²) in [4.78, 5) is 24.6. The molecule has 1 aliphatic heterocycles. The molecule has 0 bridgehead atoms. The molecule has 2 rings (SSSR count). The minimum Gasteiger partial charge on any atom is -0.449 e. The summed E-state index contributed by atoms with van der Waals surface area (Å²) in [6.45, 7) is 9.00. The van der Waals surface area contributed by atoms with Gasteiger partial charge in [-0.2, -0.15) is 0 Å². The van der Waals surface area contributed by atoms with E-state index in [-0.39, 0.29) is 17.6 Å². The molecule has 1 aromatic carbocycles. The Labute approximate surface area is 147 Å². The maximum absolute atomic E-state index is 11.9. The van der Waals surface area contributed by atoms with E-state index in [0.29, 0.717) is 38.5 Å². The SMILES string of the molecule is CC(C)(C)COC(=O)NCc1cc([N+](=O)[O-])ccc1N1CCOCC1. The molecule has 1 amide bonds. The van der Waals surface area contributed by atoms with E-state index in [1.807, 2.05) is 20.8 Å². The molecular formula is C17H25N3O5. The molecule has 1 N–H and O–H groups in total. The number of anilines is 1. The molecule has 25 heavy (non-hydrogen) atoms. The highest BCUT2D eigenvalue weighted by Gasteiger charge is 2.19. The maximum atomic E-state index is 11.9. The van der Waals surface area contributed by atoms with E-state index in [1.165, 1.54) is 12.1 Å². The number of non-ortho nitro benzene ring substituents is 1. The lowest BCUT2D eigenvalue weighted by molar-refractivity contribution is -0.384. The molecule has 0 saturated carbocycles. The van der Waals surface area contributed by atoms with Gasteiger partial charge in [-0.3, -0.25) is 10.1 Å². The third-order valence-corrected chi connectivity index (χ3v) is 3.69. The zero-order chi connectivity index (χ0) is 18.4. The highest BCUT2D eigenvalue weighted by molar-refractivity contribution is 5.68. The number of nitro groups is 1. The topological polar surface area (TPSA) is 93.9 Å². The Morgan fingerprint density at radius 3 is 2.64 bits per heavy atom. The minimum absolute atomic E-state index is 0.00290. The van der Waals surface area contributed by atoms with Gasteiger partial charge in [0.25, 0.3) is 5.69 Å². The molecular weight excluding hydrogens is 326 g/mol. The molecule has 138 valence electrons. The van der Waals surface area contributed by atoms with Crippen molar-refractivity contribution in [2.45, 2.75) is 27.3 Å². The van der Waals surface area contributed by atoms with Crippen molar-refractivity contribution < 1.29 is 19.2 Å². The van der Waals surface area contributed by atoms with Crippen LogP contribution in [0.1, 0.15) is 26.3 Å². The number of carbonyl (C=O) groups excluding carboxylic acids is 1. The third-order valence-electron chi connectivity index (χ3n) is 3.69. The number of hydrogen-bond acceptors (Lipinski definition) is 6. The van der Waals surface area contributed by atoms with Gasteiger partial charge >= 0.3 is 6.09 Å². The zero-order valence-corrected chi connectivity index (χ0v) is 14.9. The van der Waals surface area contributed by atoms with Crippen LogP contribution in [0, 0.1) is 15.5 Å². The van der Waals surface area contributed by atoms with Gasteiger partial charge in [0.2, 0.25) is 0 Å². The van der Waals surface area contributed by atoms with E-state index in [0.717, 1.165) is 5.69 Å². The minimum atomic E-state index is -0.533. The number of alkyl carbamates (subject to hydrolysis) is 1. The summed E-state index contributed by atoms with van der Waals surface area (Å²) in [5, 5.41) is 13.7. The van der Waals surface area contributed by atoms with Crippen LogP contribution >= 0.6 is 0 Å². The number of ether oxygens (including phenoxy) is 2. The Balaban J connectivity index is 2.09. The second-order valence-electron chi connectivity index (χ2n) is 7.16. The fraction of sp³-hybridized carbons (Fsp3) is 0.588. The lowest BCUT2D eigenvalue weighted by Gasteiger charge is -2.30. The van der Waals surface area contributed by atoms with Gasteiger partial charge in [0.15, 0.2) is 0 Å². The van der Waals surface area contributed by atoms with Crippen LogP contribution < -0.4 is 10.2 Å². The lowest BCUT2D eigenvalue weighted by Crippen LogP contribution is -2.37. The van der Waals surface area contributed by atoms with Crippen LogP contribution in [0.5, 0.6) is 0 Å². The number of carbonyl (C=O) groups is 1. The standard InChI is InChI=1S/C17H25N3O5/c1-17(2,3)12-25-16(21)18-11-13-10-14(20(22)23)4-5-15(13)19-6-8-24-9-7-19/h4-5,10H,6-9,11-12H2,1-3H3,(H,18,21). The number of morpholine rings is 1. The summed E-state index contributed by atoms with van der Waals surface area (Å²) in [5.41, 5.74) is 1.42. The molecule has 0 radical (unpaired) electrons. The summed E-state index contributed by atoms with van der Waals surface area (Å²) in [6.07, 6.45) is -0.533. The van der Waals surface area contributed by atoms with Crippen LogP contribution in [0.3, 0.4) is 0 Å². The molecule has 1 aromatic rings. The van der Waals surface area contributed by atoms with Crippen LogP contribution in [0.15, 0.2) is 18.2 Å². The Morgan fingerprint density at radius 2 is 2.04 bits per heavy atom. The van der Waals surface area contributed by atoms with Crippen LogP contribution in [-0.2, 0) is 16.0 Å². The number of hydrogen-bond donors (Lipinski definition) is 1. The molecule has 0 unspecified atom stereocenters. The van der Waals surface area contributed by atoms with Gasteiger partial charge in [0.05, 0.1) is 24.7 Å². The van der Waals surface area contributed by atoms with Crippen LogP contribution in [0.4, 0.5) is 16.2 Å². The summed E-state index contributed by atoms with van der Waals surface area (Å²) >= 11 is 0. The van der Waals surface area contributed by atoms with Crippen molar-refractivity contribution in [1.82, 2.24) is 5.32 Å². The first-order chi connectivity index (χ1) is 11.8. The number of nitrogens with one attached hydrogen (secondary N) is 1. The molecule has 0 spiro atoms. The van der Waals surface area contributed by atoms with Gasteiger partial charge in [-0.1, -0.05) is 20.8 Å². The van der Waals surface area contributed by atoms with E-state index < -0.39 is 11.0 Å². The Hall–Kier alpha value is -2.35. The molecule has 0 aromatic heterocycles. The summed E-state index contributed by atoms with van der Waals surface area (Å²) in [7, 11) is 0. The number of nitro benzene ring substituents is 1. The van der Waals surface area contributed by atoms with E-state index in [2.05, 4.69) is 10.2 Å². The molecule has 8 heteroatoms. The molecule has 8 nitrogen and oxygen atoms in total. The quantitative estimate of drug-likeness (QED) is 0.647. The Bertz CT molecular complexity index is 621. The van der Waals surface area contributed by atoms with Crippen molar-refractivity contribution >= 4 is 17.5 Å². The summed E-state index contributed by atoms with van der Waals surface area (Å²) in [5.74, 6) is 0. The van der Waals surface area contributed by atoms with Crippen molar-refractivity contribution in [2.75, 3.05) is 37.8 Å². The first-order valence-corrected chi connectivity index (χ1v) is 8.27. The Kier molecular flexibility index (Phi) is 6.19. The molecule has 1 heterocycles. The molecule has 1 fully saturated rings. The van der Waals surface area contributed by atoms with Gasteiger partial charge in [-0.25, -0.2) is 4.79 Å². The van der Waals surface area contributed by atoms with E-state index in [4.69, 9.17) is 9.47 Å². The smallest absolute Gasteiger partial charge is 0.407 e. The largest absolute Gasteiger partial charge is 0.449 e. The first-order valence-electron chi connectivity index (χ1n) is 8.27. The third kappa shape index (κ3) is 5.90. The second-order valence-corrected chi connectivity index (χ2v) is 7.16. The lowest BCUT2D eigenvalue weighted by atomic mass is 9.99. The predicted octanol–water partition coefficient (Wildman–Crippen LogP) is 2.70. The van der Waals surface area contributed by atoms with Crippen molar-refractivity contribution in [2.24, 2.45) is 5.41 Å². The number of amides is 1. The van der Waals surface area contributed by atoms with Gasteiger partial charge in [-0.15, -0.1) is 0 Å². The van der Waals surface area contributed by atoms with Crippen molar-refractivity contribution in [3.05, 3.63) is 33.9 Å². The maximum Gasteiger partial charge on any atom is 0.407 e. The summed E-state index contributed by atoms with van der Waals surface area (Å²) < 4.78 is 10.5. The molecule has 1 saturated heterocycles. The molecule has 0 aliphatic carbocycles. The fourth-order valence-corrected chi connectivity index (χ4v) is 2.44. The average molecular weight is 351 g/mol. The average Bonchev–Trinajstić information content (AvgIpc) is 2.58. The van der Waals surface area contributed by atoms with Crippen LogP contribution in [0.25, 0.3) is 0 Å². The van der Waals surface area contributed by atoms with Gasteiger partial charge < -0.3 is 19.7 Å². The van der Waals surface area contributed by atoms with Crippen molar-refractivity contribution in [3.63, 3.8) is 0 Å². The van der Waals surface area contributed by atoms with Crippen LogP contribution in [-0.4, -0.2) is 43.9 Å². The Morgan fingerprint density at radius 1 is 1.36 bits per heavy atom. The molecule has 1 aliphatic rings. The highest BCUT2D eigenvalue weighted by atomic mass is 16.6. The number of rotatable bonds is 5. The monoisotopic (exact) mass is 351 g/mol. The van der Waals surface area contributed by atoms with Gasteiger partial charge in [0.1, 0.15) is 0 Å². The predicted molar refractivity (Wildman–Crippen MR) is 93.8 cm³/mol. The second kappa shape index (κ2) is 8.15. The van der Waals surface area contributed by atoms with Gasteiger partial charge in [0, 0.05) is 43.0 Å². The number of benzene rings is 1. The normalized spacial score (nSPS) is 14.9. The van der Waals surface area contributed by atoms with E-state index >= 15 is 0 Å². The van der Waals surface area contributed by atoms with Gasteiger partial charge in [-0.05, 0) is 11.5 Å². The van der Waals surface area contributed by atoms with Crippen LogP contribution in [0.2, 0.25) is 0 Å². The van der Waals surface area contributed by atoms with Crippen molar-refractivity contribution in [1.29, 1.82) is 0 Å². The number of nitrogens with zero attached hydrogens (tertiary/aromatic N) is 2. The van der Waals surface area contributed by atoms with E-state index in [9.17, 15) is 14.9 Å². The zero-order valence-electron chi connectivity index (χ0n) is 14.9. The van der Waals surface area contributed by atoms with E-state index in [1.54, 1.807) is 6.07 Å². The fourth-order valence-electron chi connectivity index (χ4n) is 2.44. The van der Waals surface area contributed by atoms with Crippen molar-refractivity contribution in [3.8, 4) is 0 Å². The highest BCUT2D eigenvalue weighted by Crippen LogP contribution is 2.26.